The number of likely N-dealkylation sites (tertiary alicyclic amines) is 1. The van der Waals surface area contributed by atoms with Crippen LogP contribution >= 0.6 is 11.3 Å². The number of thiophene rings is 1. The Labute approximate surface area is 207 Å². The van der Waals surface area contributed by atoms with Gasteiger partial charge in [-0.2, -0.15) is 0 Å². The van der Waals surface area contributed by atoms with E-state index in [4.69, 9.17) is 4.74 Å². The highest BCUT2D eigenvalue weighted by Crippen LogP contribution is 2.38. The number of carbonyl (C=O) groups excluding carboxylic acids is 3. The van der Waals surface area contributed by atoms with Crippen molar-refractivity contribution < 1.29 is 23.5 Å². The van der Waals surface area contributed by atoms with E-state index in [0.717, 1.165) is 10.4 Å². The number of rotatable bonds is 6. The highest BCUT2D eigenvalue weighted by Gasteiger charge is 2.57. The molecule has 2 aromatic rings. The molecule has 4 amide bonds. The molecule has 3 aliphatic rings. The van der Waals surface area contributed by atoms with Gasteiger partial charge < -0.3 is 15.0 Å². The monoisotopic (exact) mass is 497 g/mol. The number of hydrogen-bond acceptors (Lipinski definition) is 5. The summed E-state index contributed by atoms with van der Waals surface area (Å²) in [5.41, 5.74) is -0.346. The average molecular weight is 498 g/mol. The molecule has 2 atom stereocenters. The number of urea groups is 1. The summed E-state index contributed by atoms with van der Waals surface area (Å²) >= 11 is 1.57. The third-order valence-corrected chi connectivity index (χ3v) is 8.09. The van der Waals surface area contributed by atoms with Crippen LogP contribution in [0.2, 0.25) is 0 Å². The van der Waals surface area contributed by atoms with Crippen LogP contribution in [0.1, 0.15) is 29.7 Å². The summed E-state index contributed by atoms with van der Waals surface area (Å²) in [4.78, 5) is 43.8. The zero-order valence-electron chi connectivity index (χ0n) is 19.3. The summed E-state index contributed by atoms with van der Waals surface area (Å²) in [5.74, 6) is -0.806. The number of piperidine rings is 1. The predicted octanol–water partition coefficient (Wildman–Crippen LogP) is 3.46. The second-order valence-electron chi connectivity index (χ2n) is 9.35. The summed E-state index contributed by atoms with van der Waals surface area (Å²) in [7, 11) is 0. The van der Waals surface area contributed by atoms with Crippen molar-refractivity contribution in [1.82, 2.24) is 15.1 Å². The number of benzene rings is 1. The van der Waals surface area contributed by atoms with Gasteiger partial charge in [0.25, 0.3) is 5.91 Å². The van der Waals surface area contributed by atoms with Gasteiger partial charge in [-0.15, -0.1) is 11.3 Å². The van der Waals surface area contributed by atoms with E-state index in [0.29, 0.717) is 45.6 Å². The summed E-state index contributed by atoms with van der Waals surface area (Å²) < 4.78 is 19.0. The fraction of sp³-hybridized carbons (Fsp3) is 0.423. The third kappa shape index (κ3) is 4.75. The first-order valence-electron chi connectivity index (χ1n) is 11.9. The van der Waals surface area contributed by atoms with E-state index < -0.39 is 11.6 Å². The second-order valence-corrected chi connectivity index (χ2v) is 10.3. The molecular weight excluding hydrogens is 469 g/mol. The fourth-order valence-corrected chi connectivity index (χ4v) is 5.99. The standard InChI is InChI=1S/C26H28FN3O4S/c27-20-5-3-18(4-6-20)16-26(24(32)30(25(33)28-26)21-11-14-34-17-21)19-9-12-29(13-10-19)23(31)8-7-22-2-1-15-35-22/h1-8,15,19,21H,9-14,16-17H2,(H,28,33). The summed E-state index contributed by atoms with van der Waals surface area (Å²) in [6.07, 6.45) is 5.47. The van der Waals surface area contributed by atoms with Crippen molar-refractivity contribution in [3.63, 3.8) is 0 Å². The number of hydrogen-bond donors (Lipinski definition) is 1. The van der Waals surface area contributed by atoms with Crippen molar-refractivity contribution in [1.29, 1.82) is 0 Å². The molecular formula is C26H28FN3O4S. The van der Waals surface area contributed by atoms with Gasteiger partial charge in [-0.05, 0) is 60.4 Å². The summed E-state index contributed by atoms with van der Waals surface area (Å²) in [6, 6.07) is 9.27. The maximum atomic E-state index is 13.9. The quantitative estimate of drug-likeness (QED) is 0.490. The van der Waals surface area contributed by atoms with Crippen LogP contribution < -0.4 is 5.32 Å². The van der Waals surface area contributed by atoms with Gasteiger partial charge in [0, 0.05) is 37.1 Å². The van der Waals surface area contributed by atoms with Crippen molar-refractivity contribution in [3.05, 3.63) is 64.1 Å². The Balaban J connectivity index is 1.35. The van der Waals surface area contributed by atoms with Crippen LogP contribution in [0.25, 0.3) is 6.08 Å². The number of nitrogens with one attached hydrogen (secondary N) is 1. The van der Waals surface area contributed by atoms with Crippen molar-refractivity contribution in [2.24, 2.45) is 5.92 Å². The number of halogens is 1. The van der Waals surface area contributed by atoms with Crippen molar-refractivity contribution in [2.75, 3.05) is 26.3 Å². The molecule has 35 heavy (non-hydrogen) atoms. The lowest BCUT2D eigenvalue weighted by Gasteiger charge is -2.41. The molecule has 3 fully saturated rings. The Morgan fingerprint density at radius 2 is 1.94 bits per heavy atom. The number of imide groups is 1. The topological polar surface area (TPSA) is 79.0 Å². The lowest BCUT2D eigenvalue weighted by molar-refractivity contribution is -0.136. The van der Waals surface area contributed by atoms with Gasteiger partial charge in [0.1, 0.15) is 11.4 Å². The molecule has 0 aliphatic carbocycles. The van der Waals surface area contributed by atoms with Gasteiger partial charge in [-0.25, -0.2) is 9.18 Å². The minimum absolute atomic E-state index is 0.0593. The minimum Gasteiger partial charge on any atom is -0.379 e. The van der Waals surface area contributed by atoms with Crippen LogP contribution in [0.4, 0.5) is 9.18 Å². The van der Waals surface area contributed by atoms with Crippen LogP contribution in [0.3, 0.4) is 0 Å². The molecule has 1 N–H and O–H groups in total. The molecule has 2 unspecified atom stereocenters. The highest BCUT2D eigenvalue weighted by atomic mass is 32.1. The smallest absolute Gasteiger partial charge is 0.325 e. The number of nitrogens with zero attached hydrogens (tertiary/aromatic N) is 2. The molecule has 4 heterocycles. The molecule has 9 heteroatoms. The maximum absolute atomic E-state index is 13.9. The predicted molar refractivity (Wildman–Crippen MR) is 130 cm³/mol. The first-order chi connectivity index (χ1) is 17.0. The second kappa shape index (κ2) is 9.91. The van der Waals surface area contributed by atoms with Crippen LogP contribution in [0, 0.1) is 11.7 Å². The van der Waals surface area contributed by atoms with E-state index >= 15 is 0 Å². The molecule has 3 saturated heterocycles. The average Bonchev–Trinajstić information content (AvgIpc) is 3.62. The first-order valence-corrected chi connectivity index (χ1v) is 12.8. The van der Waals surface area contributed by atoms with E-state index in [1.807, 2.05) is 23.6 Å². The number of ether oxygens (including phenoxy) is 1. The fourth-order valence-electron chi connectivity index (χ4n) is 5.37. The van der Waals surface area contributed by atoms with Crippen LogP contribution in [-0.4, -0.2) is 65.5 Å². The summed E-state index contributed by atoms with van der Waals surface area (Å²) in [5, 5.41) is 5.00. The minimum atomic E-state index is -1.13. The largest absolute Gasteiger partial charge is 0.379 e. The number of carbonyl (C=O) groups is 3. The van der Waals surface area contributed by atoms with E-state index in [9.17, 15) is 18.8 Å². The molecule has 1 aromatic carbocycles. The zero-order chi connectivity index (χ0) is 24.4. The SMILES string of the molecule is O=C(C=Cc1cccs1)N1CCC(C2(Cc3ccc(F)cc3)NC(=O)N(C3CCOC3)C2=O)CC1. The van der Waals surface area contributed by atoms with Gasteiger partial charge in [-0.1, -0.05) is 18.2 Å². The zero-order valence-corrected chi connectivity index (χ0v) is 20.1. The van der Waals surface area contributed by atoms with Gasteiger partial charge in [-0.3, -0.25) is 14.5 Å². The van der Waals surface area contributed by atoms with Gasteiger partial charge in [0.05, 0.1) is 12.6 Å². The van der Waals surface area contributed by atoms with Crippen LogP contribution in [-0.2, 0) is 20.7 Å². The Morgan fingerprint density at radius 3 is 2.60 bits per heavy atom. The van der Waals surface area contributed by atoms with E-state index in [1.165, 1.54) is 17.0 Å². The molecule has 0 radical (unpaired) electrons. The normalized spacial score (nSPS) is 25.6. The Kier molecular flexibility index (Phi) is 6.71. The summed E-state index contributed by atoms with van der Waals surface area (Å²) in [6.45, 7) is 1.86. The lowest BCUT2D eigenvalue weighted by Crippen LogP contribution is -2.58. The Bertz CT molecular complexity index is 1110. The lowest BCUT2D eigenvalue weighted by atomic mass is 9.73. The Hall–Kier alpha value is -3.04. The van der Waals surface area contributed by atoms with Crippen LogP contribution in [0.15, 0.2) is 47.9 Å². The molecule has 1 aromatic heterocycles. The van der Waals surface area contributed by atoms with Gasteiger partial charge in [0.2, 0.25) is 5.91 Å². The van der Waals surface area contributed by atoms with Gasteiger partial charge >= 0.3 is 6.03 Å². The van der Waals surface area contributed by atoms with E-state index in [2.05, 4.69) is 5.32 Å². The van der Waals surface area contributed by atoms with Gasteiger partial charge in [0.15, 0.2) is 0 Å². The number of amides is 4. The van der Waals surface area contributed by atoms with Crippen molar-refractivity contribution in [2.45, 2.75) is 37.3 Å². The Morgan fingerprint density at radius 1 is 1.17 bits per heavy atom. The van der Waals surface area contributed by atoms with Crippen molar-refractivity contribution in [3.8, 4) is 0 Å². The molecule has 5 rings (SSSR count). The molecule has 3 aliphatic heterocycles. The third-order valence-electron chi connectivity index (χ3n) is 7.25. The van der Waals surface area contributed by atoms with E-state index in [1.54, 1.807) is 34.4 Å². The highest BCUT2D eigenvalue weighted by molar-refractivity contribution is 7.10. The molecule has 7 nitrogen and oxygen atoms in total. The van der Waals surface area contributed by atoms with E-state index in [-0.39, 0.29) is 36.0 Å². The molecule has 0 bridgehead atoms. The van der Waals surface area contributed by atoms with Crippen LogP contribution in [0.5, 0.6) is 0 Å². The first kappa shape index (κ1) is 23.7. The molecule has 0 spiro atoms. The van der Waals surface area contributed by atoms with Crippen molar-refractivity contribution >= 4 is 35.3 Å². The molecule has 0 saturated carbocycles. The molecule has 184 valence electrons. The maximum Gasteiger partial charge on any atom is 0.325 e.